The van der Waals surface area contributed by atoms with E-state index in [-0.39, 0.29) is 11.0 Å². The number of hydrogen-bond acceptors (Lipinski definition) is 4. The zero-order valence-electron chi connectivity index (χ0n) is 16.0. The summed E-state index contributed by atoms with van der Waals surface area (Å²) in [6.45, 7) is 3.96. The lowest BCUT2D eigenvalue weighted by Gasteiger charge is -2.09. The van der Waals surface area contributed by atoms with Crippen molar-refractivity contribution in [2.45, 2.75) is 13.8 Å². The number of oxazole rings is 1. The first-order valence-corrected chi connectivity index (χ1v) is 9.56. The average Bonchev–Trinajstić information content (AvgIpc) is 3.11. The van der Waals surface area contributed by atoms with Gasteiger partial charge in [-0.3, -0.25) is 10.1 Å². The average molecular weight is 401 g/mol. The summed E-state index contributed by atoms with van der Waals surface area (Å²) in [5, 5.41) is 5.93. The molecule has 0 fully saturated rings. The molecule has 0 saturated carbocycles. The van der Waals surface area contributed by atoms with Gasteiger partial charge in [0.05, 0.1) is 0 Å². The number of benzene rings is 3. The van der Waals surface area contributed by atoms with Crippen molar-refractivity contribution >= 4 is 40.0 Å². The number of carbonyl (C=O) groups is 1. The van der Waals surface area contributed by atoms with Gasteiger partial charge in [0.1, 0.15) is 5.52 Å². The Hall–Kier alpha value is -3.51. The summed E-state index contributed by atoms with van der Waals surface area (Å²) in [6.07, 6.45) is 0. The zero-order chi connectivity index (χ0) is 20.4. The van der Waals surface area contributed by atoms with Crippen molar-refractivity contribution in [2.24, 2.45) is 0 Å². The van der Waals surface area contributed by atoms with Gasteiger partial charge in [-0.2, -0.15) is 0 Å². The molecule has 0 bridgehead atoms. The maximum absolute atomic E-state index is 12.3. The van der Waals surface area contributed by atoms with Gasteiger partial charge in [-0.15, -0.1) is 0 Å². The molecule has 0 aliphatic heterocycles. The highest BCUT2D eigenvalue weighted by molar-refractivity contribution is 7.80. The first kappa shape index (κ1) is 18.8. The monoisotopic (exact) mass is 401 g/mol. The van der Waals surface area contributed by atoms with Crippen LogP contribution in [0.5, 0.6) is 0 Å². The highest BCUT2D eigenvalue weighted by atomic mass is 32.1. The molecule has 0 unspecified atom stereocenters. The third kappa shape index (κ3) is 4.17. The van der Waals surface area contributed by atoms with E-state index in [0.717, 1.165) is 22.2 Å². The van der Waals surface area contributed by atoms with Crippen LogP contribution in [0.1, 0.15) is 21.5 Å². The van der Waals surface area contributed by atoms with Crippen LogP contribution in [0.2, 0.25) is 0 Å². The second kappa shape index (κ2) is 7.85. The van der Waals surface area contributed by atoms with Crippen molar-refractivity contribution in [3.8, 4) is 11.5 Å². The molecule has 1 aromatic heterocycles. The lowest BCUT2D eigenvalue weighted by Crippen LogP contribution is -2.34. The minimum absolute atomic E-state index is 0.217. The molecule has 0 saturated heterocycles. The molecule has 6 heteroatoms. The van der Waals surface area contributed by atoms with E-state index in [1.54, 1.807) is 6.07 Å². The number of rotatable bonds is 3. The Bertz CT molecular complexity index is 1230. The van der Waals surface area contributed by atoms with Crippen LogP contribution in [0.3, 0.4) is 0 Å². The molecule has 0 radical (unpaired) electrons. The Morgan fingerprint density at radius 1 is 1.00 bits per heavy atom. The van der Waals surface area contributed by atoms with E-state index in [1.807, 2.05) is 74.5 Å². The van der Waals surface area contributed by atoms with Gasteiger partial charge < -0.3 is 9.73 Å². The number of carbonyl (C=O) groups excluding carboxylic acids is 1. The Morgan fingerprint density at radius 2 is 1.83 bits per heavy atom. The lowest BCUT2D eigenvalue weighted by atomic mass is 10.1. The molecule has 3 aromatic carbocycles. The molecule has 0 aliphatic rings. The van der Waals surface area contributed by atoms with Crippen LogP contribution in [0.25, 0.3) is 22.6 Å². The molecule has 0 spiro atoms. The second-order valence-electron chi connectivity index (χ2n) is 6.79. The highest BCUT2D eigenvalue weighted by Crippen LogP contribution is 2.28. The number of fused-ring (bicyclic) bond motifs is 1. The summed E-state index contributed by atoms with van der Waals surface area (Å²) in [6, 6.07) is 20.8. The topological polar surface area (TPSA) is 67.2 Å². The third-order valence-corrected chi connectivity index (χ3v) is 4.73. The number of hydrogen-bond donors (Lipinski definition) is 2. The van der Waals surface area contributed by atoms with Crippen LogP contribution in [-0.2, 0) is 0 Å². The van der Waals surface area contributed by atoms with Crippen molar-refractivity contribution in [1.82, 2.24) is 10.3 Å². The summed E-state index contributed by atoms with van der Waals surface area (Å²) >= 11 is 5.28. The third-order valence-electron chi connectivity index (χ3n) is 4.53. The first-order chi connectivity index (χ1) is 14.0. The Morgan fingerprint density at radius 3 is 2.62 bits per heavy atom. The van der Waals surface area contributed by atoms with E-state index < -0.39 is 0 Å². The molecule has 5 nitrogen and oxygen atoms in total. The SMILES string of the molecule is Cc1cccc(C(=O)NC(=S)Nc2ccc3nc(-c4ccccc4C)oc3c2)c1. The Balaban J connectivity index is 1.50. The van der Waals surface area contributed by atoms with Crippen LogP contribution < -0.4 is 10.6 Å². The number of aromatic nitrogens is 1. The van der Waals surface area contributed by atoms with Crippen LogP contribution in [0, 0.1) is 13.8 Å². The number of aryl methyl sites for hydroxylation is 2. The fraction of sp³-hybridized carbons (Fsp3) is 0.0870. The molecule has 4 rings (SSSR count). The summed E-state index contributed by atoms with van der Waals surface area (Å²) in [4.78, 5) is 16.9. The Labute approximate surface area is 173 Å². The van der Waals surface area contributed by atoms with Gasteiger partial charge in [0.25, 0.3) is 5.91 Å². The molecular weight excluding hydrogens is 382 g/mol. The molecule has 144 valence electrons. The van der Waals surface area contributed by atoms with Gasteiger partial charge in [0.15, 0.2) is 10.7 Å². The quantitative estimate of drug-likeness (QED) is 0.460. The molecule has 0 atom stereocenters. The lowest BCUT2D eigenvalue weighted by molar-refractivity contribution is 0.0977. The first-order valence-electron chi connectivity index (χ1n) is 9.15. The van der Waals surface area contributed by atoms with Crippen molar-refractivity contribution in [1.29, 1.82) is 0 Å². The van der Waals surface area contributed by atoms with Crippen molar-refractivity contribution in [3.63, 3.8) is 0 Å². The van der Waals surface area contributed by atoms with E-state index in [1.165, 1.54) is 0 Å². The number of thiocarbonyl (C=S) groups is 1. The molecule has 29 heavy (non-hydrogen) atoms. The van der Waals surface area contributed by atoms with Crippen molar-refractivity contribution in [3.05, 3.63) is 83.4 Å². The summed E-state index contributed by atoms with van der Waals surface area (Å²) < 4.78 is 5.94. The minimum atomic E-state index is -0.256. The van der Waals surface area contributed by atoms with E-state index in [4.69, 9.17) is 16.6 Å². The fourth-order valence-corrected chi connectivity index (χ4v) is 3.26. The molecular formula is C23H19N3O2S. The van der Waals surface area contributed by atoms with Crippen LogP contribution in [-0.4, -0.2) is 16.0 Å². The number of anilines is 1. The highest BCUT2D eigenvalue weighted by Gasteiger charge is 2.12. The molecule has 0 aliphatic carbocycles. The standard InChI is InChI=1S/C23H19N3O2S/c1-14-6-5-8-16(12-14)21(27)26-23(29)24-17-10-11-19-20(13-17)28-22(25-19)18-9-4-3-7-15(18)2/h3-13H,1-2H3,(H2,24,26,27,29). The second-order valence-corrected chi connectivity index (χ2v) is 7.20. The Kier molecular flexibility index (Phi) is 5.10. The molecule has 1 amide bonds. The van der Waals surface area contributed by atoms with E-state index in [0.29, 0.717) is 22.7 Å². The largest absolute Gasteiger partial charge is 0.436 e. The molecule has 2 N–H and O–H groups in total. The summed E-state index contributed by atoms with van der Waals surface area (Å²) in [5.74, 6) is 0.319. The van der Waals surface area contributed by atoms with Crippen LogP contribution in [0.15, 0.2) is 71.1 Å². The van der Waals surface area contributed by atoms with Crippen LogP contribution >= 0.6 is 12.2 Å². The van der Waals surface area contributed by atoms with Crippen molar-refractivity contribution < 1.29 is 9.21 Å². The minimum Gasteiger partial charge on any atom is -0.436 e. The number of nitrogens with zero attached hydrogens (tertiary/aromatic N) is 1. The summed E-state index contributed by atoms with van der Waals surface area (Å²) in [5.41, 5.74) is 5.72. The number of nitrogens with one attached hydrogen (secondary N) is 2. The predicted molar refractivity (Wildman–Crippen MR) is 119 cm³/mol. The van der Waals surface area contributed by atoms with E-state index in [9.17, 15) is 4.79 Å². The maximum Gasteiger partial charge on any atom is 0.257 e. The van der Waals surface area contributed by atoms with Gasteiger partial charge in [0.2, 0.25) is 5.89 Å². The fourth-order valence-electron chi connectivity index (χ4n) is 3.05. The van der Waals surface area contributed by atoms with Crippen molar-refractivity contribution in [2.75, 3.05) is 5.32 Å². The van der Waals surface area contributed by atoms with Gasteiger partial charge in [-0.25, -0.2) is 4.98 Å². The number of amides is 1. The smallest absolute Gasteiger partial charge is 0.257 e. The van der Waals surface area contributed by atoms with Crippen LogP contribution in [0.4, 0.5) is 5.69 Å². The van der Waals surface area contributed by atoms with E-state index in [2.05, 4.69) is 15.6 Å². The van der Waals surface area contributed by atoms with Gasteiger partial charge in [0, 0.05) is 22.9 Å². The zero-order valence-corrected chi connectivity index (χ0v) is 16.8. The van der Waals surface area contributed by atoms with E-state index >= 15 is 0 Å². The predicted octanol–water partition coefficient (Wildman–Crippen LogP) is 5.24. The summed E-state index contributed by atoms with van der Waals surface area (Å²) in [7, 11) is 0. The normalized spacial score (nSPS) is 10.7. The van der Waals surface area contributed by atoms with Gasteiger partial charge in [-0.1, -0.05) is 35.9 Å². The molecule has 4 aromatic rings. The van der Waals surface area contributed by atoms with Gasteiger partial charge >= 0.3 is 0 Å². The maximum atomic E-state index is 12.3. The molecule has 1 heterocycles. The van der Waals surface area contributed by atoms with Gasteiger partial charge in [-0.05, 0) is 62.0 Å².